The number of aliphatic hydroxyl groups excluding tert-OH is 1. The Morgan fingerprint density at radius 2 is 1.89 bits per heavy atom. The maximum atomic E-state index is 12.0. The minimum Gasteiger partial charge on any atom is -0.486 e. The van der Waals surface area contributed by atoms with Gasteiger partial charge in [0.25, 0.3) is 5.91 Å². The number of aliphatic hydroxyl groups is 1. The van der Waals surface area contributed by atoms with Crippen LogP contribution in [0, 0.1) is 12.3 Å². The lowest BCUT2D eigenvalue weighted by molar-refractivity contribution is -0.114. The molecule has 0 fully saturated rings. The van der Waals surface area contributed by atoms with Crippen molar-refractivity contribution in [1.29, 1.82) is 0 Å². The molecule has 1 aromatic heterocycles. The summed E-state index contributed by atoms with van der Waals surface area (Å²) < 4.78 is 26.6. The van der Waals surface area contributed by atoms with E-state index in [-0.39, 0.29) is 24.0 Å². The number of carbonyl (C=O) groups is 1. The maximum absolute atomic E-state index is 12.0. The van der Waals surface area contributed by atoms with Gasteiger partial charge < -0.3 is 14.6 Å². The summed E-state index contributed by atoms with van der Waals surface area (Å²) in [5.74, 6) is 0.934. The second-order valence-electron chi connectivity index (χ2n) is 10.2. The fourth-order valence-electron chi connectivity index (χ4n) is 4.61. The highest BCUT2D eigenvalue weighted by Gasteiger charge is 2.28. The van der Waals surface area contributed by atoms with Crippen LogP contribution in [-0.2, 0) is 22.2 Å². The molecular weight excluding hydrogens is 488 g/mol. The molecule has 0 bridgehead atoms. The molecule has 2 aromatic carbocycles. The fraction of sp³-hybridized carbons (Fsp3) is 0.310. The van der Waals surface area contributed by atoms with Crippen molar-refractivity contribution in [3.8, 4) is 22.8 Å². The number of pyridine rings is 1. The monoisotopic (exact) mass is 518 g/mol. The summed E-state index contributed by atoms with van der Waals surface area (Å²) in [5.41, 5.74) is 5.94. The van der Waals surface area contributed by atoms with Crippen LogP contribution in [-0.4, -0.2) is 33.4 Å². The quantitative estimate of drug-likeness (QED) is 0.450. The van der Waals surface area contributed by atoms with E-state index in [0.717, 1.165) is 41.0 Å². The molecule has 2 N–H and O–H groups in total. The Hall–Kier alpha value is -3.49. The van der Waals surface area contributed by atoms with Gasteiger partial charge in [0.1, 0.15) is 11.9 Å². The van der Waals surface area contributed by atoms with Crippen LogP contribution in [0.4, 0.5) is 0 Å². The Labute approximate surface area is 219 Å². The molecule has 0 saturated carbocycles. The Balaban J connectivity index is 1.33. The third-order valence-corrected chi connectivity index (χ3v) is 7.82. The minimum absolute atomic E-state index is 0.0467. The summed E-state index contributed by atoms with van der Waals surface area (Å²) in [6.07, 6.45) is 3.06. The van der Waals surface area contributed by atoms with E-state index in [2.05, 4.69) is 27.9 Å². The van der Waals surface area contributed by atoms with Gasteiger partial charge in [-0.3, -0.25) is 9.52 Å². The van der Waals surface area contributed by atoms with Gasteiger partial charge in [-0.25, -0.2) is 9.19 Å². The first-order chi connectivity index (χ1) is 17.7. The van der Waals surface area contributed by atoms with Crippen LogP contribution in [0.5, 0.6) is 11.6 Å². The third kappa shape index (κ3) is 5.31. The van der Waals surface area contributed by atoms with Crippen LogP contribution in [0.15, 0.2) is 60.7 Å². The molecule has 3 aromatic rings. The van der Waals surface area contributed by atoms with Gasteiger partial charge >= 0.3 is 0 Å². The van der Waals surface area contributed by atoms with Gasteiger partial charge in [-0.2, -0.15) is 0 Å². The molecule has 1 aliphatic carbocycles. The summed E-state index contributed by atoms with van der Waals surface area (Å²) >= 11 is 0. The van der Waals surface area contributed by atoms with Gasteiger partial charge in [0.05, 0.1) is 18.1 Å². The van der Waals surface area contributed by atoms with Crippen LogP contribution >= 0.6 is 0 Å². The lowest BCUT2D eigenvalue weighted by Crippen LogP contribution is -2.25. The highest BCUT2D eigenvalue weighted by molar-refractivity contribution is 7.93. The van der Waals surface area contributed by atoms with E-state index >= 15 is 0 Å². The number of aromatic nitrogens is 1. The topological polar surface area (TPSA) is 97.8 Å². The SMILES string of the molecule is Cc1nc(OCC(C)(C)CO)ccc1-c1cccc2c1CC[C@H]2Oc1ccc(C2=CC(=O)NS2=O)cc1. The predicted molar refractivity (Wildman–Crippen MR) is 143 cm³/mol. The molecule has 1 amide bonds. The third-order valence-electron chi connectivity index (χ3n) is 6.68. The number of amides is 1. The molecule has 7 nitrogen and oxygen atoms in total. The van der Waals surface area contributed by atoms with Crippen molar-refractivity contribution in [2.24, 2.45) is 5.41 Å². The largest absolute Gasteiger partial charge is 0.486 e. The van der Waals surface area contributed by atoms with Crippen molar-refractivity contribution in [1.82, 2.24) is 9.71 Å². The maximum Gasteiger partial charge on any atom is 0.257 e. The molecule has 2 heterocycles. The van der Waals surface area contributed by atoms with Crippen molar-refractivity contribution in [2.75, 3.05) is 13.2 Å². The first-order valence-electron chi connectivity index (χ1n) is 12.3. The standard InChI is InChI=1S/C29H30N2O5S/c1-18-21(12-14-28(30-18)35-17-29(2,3)16-32)22-5-4-6-24-23(22)11-13-25(24)36-20-9-7-19(8-10-20)26-15-27(33)31-37(26)34/h4-10,12,14-15,25,32H,11,13,16-17H2,1-3H3,(H,31,33)/t25-,37?/m1/s1. The van der Waals surface area contributed by atoms with Gasteiger partial charge in [0.2, 0.25) is 5.88 Å². The molecule has 2 aliphatic rings. The van der Waals surface area contributed by atoms with Crippen LogP contribution < -0.4 is 14.2 Å². The van der Waals surface area contributed by atoms with E-state index in [1.54, 1.807) is 0 Å². The Morgan fingerprint density at radius 3 is 2.57 bits per heavy atom. The predicted octanol–water partition coefficient (Wildman–Crippen LogP) is 4.66. The zero-order valence-corrected chi connectivity index (χ0v) is 21.9. The number of carbonyl (C=O) groups excluding carboxylic acids is 1. The van der Waals surface area contributed by atoms with Crippen molar-refractivity contribution >= 4 is 21.8 Å². The Morgan fingerprint density at radius 1 is 1.11 bits per heavy atom. The zero-order valence-electron chi connectivity index (χ0n) is 21.1. The van der Waals surface area contributed by atoms with Gasteiger partial charge in [0.15, 0.2) is 11.0 Å². The number of aryl methyl sites for hydroxylation is 1. The van der Waals surface area contributed by atoms with Crippen LogP contribution in [0.25, 0.3) is 16.0 Å². The number of nitrogens with one attached hydrogen (secondary N) is 1. The van der Waals surface area contributed by atoms with E-state index in [1.165, 1.54) is 17.2 Å². The molecule has 0 spiro atoms. The van der Waals surface area contributed by atoms with Gasteiger partial charge in [-0.05, 0) is 60.2 Å². The first-order valence-corrected chi connectivity index (χ1v) is 13.4. The molecule has 1 aliphatic heterocycles. The van der Waals surface area contributed by atoms with Crippen LogP contribution in [0.2, 0.25) is 0 Å². The minimum atomic E-state index is -1.51. The fourth-order valence-corrected chi connectivity index (χ4v) is 5.53. The summed E-state index contributed by atoms with van der Waals surface area (Å²) in [4.78, 5) is 16.6. The number of rotatable bonds is 8. The zero-order chi connectivity index (χ0) is 26.2. The second-order valence-corrected chi connectivity index (χ2v) is 11.4. The molecule has 5 rings (SSSR count). The van der Waals surface area contributed by atoms with Gasteiger partial charge in [-0.1, -0.05) is 44.2 Å². The smallest absolute Gasteiger partial charge is 0.257 e. The molecule has 0 radical (unpaired) electrons. The molecule has 8 heteroatoms. The normalized spacial score (nSPS) is 18.8. The van der Waals surface area contributed by atoms with E-state index < -0.39 is 11.0 Å². The van der Waals surface area contributed by atoms with Crippen molar-refractivity contribution in [3.05, 3.63) is 83.1 Å². The average Bonchev–Trinajstić information content (AvgIpc) is 3.45. The van der Waals surface area contributed by atoms with Gasteiger partial charge in [-0.15, -0.1) is 0 Å². The van der Waals surface area contributed by atoms with E-state index in [4.69, 9.17) is 9.47 Å². The summed E-state index contributed by atoms with van der Waals surface area (Å²) in [6.45, 7) is 6.32. The lowest BCUT2D eigenvalue weighted by Gasteiger charge is -2.21. The molecule has 192 valence electrons. The highest BCUT2D eigenvalue weighted by atomic mass is 32.2. The lowest BCUT2D eigenvalue weighted by atomic mass is 9.95. The Kier molecular flexibility index (Phi) is 6.88. The molecule has 1 unspecified atom stereocenters. The number of fused-ring (bicyclic) bond motifs is 1. The molecule has 2 atom stereocenters. The number of hydrogen-bond donors (Lipinski definition) is 2. The first kappa shape index (κ1) is 25.2. The molecule has 0 saturated heterocycles. The second kappa shape index (κ2) is 10.1. The van der Waals surface area contributed by atoms with Crippen molar-refractivity contribution in [3.63, 3.8) is 0 Å². The average molecular weight is 519 g/mol. The van der Waals surface area contributed by atoms with E-state index in [9.17, 15) is 14.1 Å². The van der Waals surface area contributed by atoms with E-state index in [1.807, 2.05) is 57.2 Å². The Bertz CT molecular complexity index is 1400. The van der Waals surface area contributed by atoms with Crippen LogP contribution in [0.1, 0.15) is 48.8 Å². The summed E-state index contributed by atoms with van der Waals surface area (Å²) in [7, 11) is -1.51. The molecular formula is C29H30N2O5S. The number of hydrogen-bond acceptors (Lipinski definition) is 6. The highest BCUT2D eigenvalue weighted by Crippen LogP contribution is 2.41. The number of ether oxygens (including phenoxy) is 2. The summed E-state index contributed by atoms with van der Waals surface area (Å²) in [6, 6.07) is 17.6. The van der Waals surface area contributed by atoms with Crippen LogP contribution in [0.3, 0.4) is 0 Å². The van der Waals surface area contributed by atoms with Gasteiger partial charge in [0, 0.05) is 28.8 Å². The van der Waals surface area contributed by atoms with Crippen molar-refractivity contribution < 1.29 is 23.6 Å². The number of benzene rings is 2. The number of nitrogens with zero attached hydrogens (tertiary/aromatic N) is 1. The van der Waals surface area contributed by atoms with Crippen molar-refractivity contribution in [2.45, 2.75) is 39.7 Å². The summed E-state index contributed by atoms with van der Waals surface area (Å²) in [5, 5.41) is 9.46. The molecule has 37 heavy (non-hydrogen) atoms. The van der Waals surface area contributed by atoms with E-state index in [0.29, 0.717) is 17.4 Å².